The van der Waals surface area contributed by atoms with Crippen molar-refractivity contribution in [2.75, 3.05) is 0 Å². The van der Waals surface area contributed by atoms with Crippen LogP contribution >= 0.6 is 11.3 Å². The highest BCUT2D eigenvalue weighted by molar-refractivity contribution is 7.13. The van der Waals surface area contributed by atoms with Gasteiger partial charge in [0.25, 0.3) is 0 Å². The van der Waals surface area contributed by atoms with Crippen LogP contribution < -0.4 is 0 Å². The second kappa shape index (κ2) is 4.53. The summed E-state index contributed by atoms with van der Waals surface area (Å²) in [5, 5.41) is 11.5. The summed E-state index contributed by atoms with van der Waals surface area (Å²) < 4.78 is 0. The zero-order valence-corrected chi connectivity index (χ0v) is 10.6. The molecule has 0 bridgehead atoms. The Kier molecular flexibility index (Phi) is 2.88. The van der Waals surface area contributed by atoms with Crippen molar-refractivity contribution in [2.24, 2.45) is 0 Å². The predicted octanol–water partition coefficient (Wildman–Crippen LogP) is 3.31. The van der Waals surface area contributed by atoms with Crippen LogP contribution in [0.3, 0.4) is 0 Å². The van der Waals surface area contributed by atoms with Crippen LogP contribution in [0.4, 0.5) is 0 Å². The van der Waals surface area contributed by atoms with E-state index in [-0.39, 0.29) is 6.42 Å². The van der Waals surface area contributed by atoms with Gasteiger partial charge in [0.2, 0.25) is 0 Å². The summed E-state index contributed by atoms with van der Waals surface area (Å²) in [4.78, 5) is 15.1. The highest BCUT2D eigenvalue weighted by Gasteiger charge is 2.26. The molecule has 1 aliphatic rings. The largest absolute Gasteiger partial charge is 0.481 e. The number of aliphatic carboxylic acids is 1. The number of benzene rings is 1. The molecule has 92 valence electrons. The number of carbonyl (C=O) groups is 1. The maximum atomic E-state index is 10.7. The minimum Gasteiger partial charge on any atom is -0.481 e. The molecule has 1 aliphatic carbocycles. The Labute approximate surface area is 109 Å². The SMILES string of the molecule is O=C(O)Cc1csc(-c2ccccc2C2CC2)n1. The van der Waals surface area contributed by atoms with E-state index in [9.17, 15) is 4.79 Å². The van der Waals surface area contributed by atoms with Gasteiger partial charge in [0.05, 0.1) is 12.1 Å². The molecule has 0 unspecified atom stereocenters. The minimum atomic E-state index is -0.831. The van der Waals surface area contributed by atoms with Gasteiger partial charge in [0.1, 0.15) is 5.01 Å². The van der Waals surface area contributed by atoms with Gasteiger partial charge in [-0.05, 0) is 24.3 Å². The van der Waals surface area contributed by atoms with E-state index in [1.807, 2.05) is 11.4 Å². The fourth-order valence-electron chi connectivity index (χ4n) is 2.11. The molecule has 1 N–H and O–H groups in total. The van der Waals surface area contributed by atoms with Crippen LogP contribution in [0, 0.1) is 0 Å². The van der Waals surface area contributed by atoms with Gasteiger partial charge in [-0.25, -0.2) is 4.98 Å². The molecule has 0 aliphatic heterocycles. The van der Waals surface area contributed by atoms with Crippen molar-refractivity contribution in [1.29, 1.82) is 0 Å². The third-order valence-electron chi connectivity index (χ3n) is 3.09. The predicted molar refractivity (Wildman–Crippen MR) is 70.9 cm³/mol. The van der Waals surface area contributed by atoms with Crippen LogP contribution in [-0.4, -0.2) is 16.1 Å². The standard InChI is InChI=1S/C14H13NO2S/c16-13(17)7-10-8-18-14(15-10)12-4-2-1-3-11(12)9-5-6-9/h1-4,8-9H,5-7H2,(H,16,17). The smallest absolute Gasteiger partial charge is 0.309 e. The Morgan fingerprint density at radius 1 is 1.39 bits per heavy atom. The highest BCUT2D eigenvalue weighted by atomic mass is 32.1. The molecule has 0 amide bonds. The number of rotatable bonds is 4. The quantitative estimate of drug-likeness (QED) is 0.916. The van der Waals surface area contributed by atoms with Crippen LogP contribution in [0.2, 0.25) is 0 Å². The minimum absolute atomic E-state index is 0.00208. The van der Waals surface area contributed by atoms with Crippen molar-refractivity contribution in [2.45, 2.75) is 25.2 Å². The molecular formula is C14H13NO2S. The number of thiazole rings is 1. The molecule has 0 radical (unpaired) electrons. The van der Waals surface area contributed by atoms with Gasteiger partial charge in [-0.2, -0.15) is 0 Å². The van der Waals surface area contributed by atoms with E-state index in [2.05, 4.69) is 23.2 Å². The average molecular weight is 259 g/mol. The maximum absolute atomic E-state index is 10.7. The molecule has 3 nitrogen and oxygen atoms in total. The Hall–Kier alpha value is -1.68. The fraction of sp³-hybridized carbons (Fsp3) is 0.286. The van der Waals surface area contributed by atoms with Crippen molar-refractivity contribution in [1.82, 2.24) is 4.98 Å². The van der Waals surface area contributed by atoms with E-state index in [0.717, 1.165) is 5.01 Å². The fourth-order valence-corrected chi connectivity index (χ4v) is 2.98. The third kappa shape index (κ3) is 2.29. The molecule has 1 saturated carbocycles. The lowest BCUT2D eigenvalue weighted by molar-refractivity contribution is -0.136. The molecule has 1 heterocycles. The van der Waals surface area contributed by atoms with E-state index < -0.39 is 5.97 Å². The van der Waals surface area contributed by atoms with Gasteiger partial charge in [-0.15, -0.1) is 11.3 Å². The Morgan fingerprint density at radius 2 is 2.17 bits per heavy atom. The lowest BCUT2D eigenvalue weighted by Gasteiger charge is -2.04. The second-order valence-electron chi connectivity index (χ2n) is 4.58. The normalized spacial score (nSPS) is 14.7. The highest BCUT2D eigenvalue weighted by Crippen LogP contribution is 2.44. The van der Waals surface area contributed by atoms with Crippen molar-refractivity contribution < 1.29 is 9.90 Å². The number of carboxylic acid groups (broad SMARTS) is 1. The van der Waals surface area contributed by atoms with E-state index in [0.29, 0.717) is 11.6 Å². The monoisotopic (exact) mass is 259 g/mol. The summed E-state index contributed by atoms with van der Waals surface area (Å²) in [6.45, 7) is 0. The molecule has 1 aromatic heterocycles. The number of carboxylic acids is 1. The first-order chi connectivity index (χ1) is 8.74. The van der Waals surface area contributed by atoms with Gasteiger partial charge in [0, 0.05) is 10.9 Å². The maximum Gasteiger partial charge on any atom is 0.309 e. The van der Waals surface area contributed by atoms with E-state index in [1.165, 1.54) is 35.3 Å². The van der Waals surface area contributed by atoms with Crippen LogP contribution in [0.1, 0.15) is 30.0 Å². The molecule has 1 fully saturated rings. The Balaban J connectivity index is 1.94. The topological polar surface area (TPSA) is 50.2 Å². The van der Waals surface area contributed by atoms with Crippen LogP contribution in [-0.2, 0) is 11.2 Å². The van der Waals surface area contributed by atoms with Gasteiger partial charge in [-0.3, -0.25) is 4.79 Å². The summed E-state index contributed by atoms with van der Waals surface area (Å²) in [5.74, 6) is -0.157. The van der Waals surface area contributed by atoms with E-state index in [4.69, 9.17) is 5.11 Å². The van der Waals surface area contributed by atoms with Crippen LogP contribution in [0.15, 0.2) is 29.6 Å². The van der Waals surface area contributed by atoms with Crippen molar-refractivity contribution in [3.63, 3.8) is 0 Å². The average Bonchev–Trinajstić information content (AvgIpc) is 3.10. The molecular weight excluding hydrogens is 246 g/mol. The Morgan fingerprint density at radius 3 is 2.89 bits per heavy atom. The van der Waals surface area contributed by atoms with Gasteiger partial charge < -0.3 is 5.11 Å². The third-order valence-corrected chi connectivity index (χ3v) is 4.02. The molecule has 0 atom stereocenters. The van der Waals surface area contributed by atoms with Crippen LogP contribution in [0.25, 0.3) is 10.6 Å². The number of aromatic nitrogens is 1. The summed E-state index contributed by atoms with van der Waals surface area (Å²) in [6, 6.07) is 8.31. The lowest BCUT2D eigenvalue weighted by atomic mass is 10.0. The summed E-state index contributed by atoms with van der Waals surface area (Å²) in [5.41, 5.74) is 3.17. The number of hydrogen-bond donors (Lipinski definition) is 1. The van der Waals surface area contributed by atoms with Crippen molar-refractivity contribution in [3.8, 4) is 10.6 Å². The summed E-state index contributed by atoms with van der Waals surface area (Å²) >= 11 is 1.53. The molecule has 3 rings (SSSR count). The first-order valence-corrected chi connectivity index (χ1v) is 6.87. The molecule has 1 aromatic carbocycles. The van der Waals surface area contributed by atoms with E-state index in [1.54, 1.807) is 0 Å². The molecule has 4 heteroatoms. The summed E-state index contributed by atoms with van der Waals surface area (Å²) in [6.07, 6.45) is 2.51. The molecule has 2 aromatic rings. The van der Waals surface area contributed by atoms with Gasteiger partial charge in [-0.1, -0.05) is 24.3 Å². The van der Waals surface area contributed by atoms with Crippen molar-refractivity contribution in [3.05, 3.63) is 40.9 Å². The first kappa shape index (κ1) is 11.4. The zero-order valence-electron chi connectivity index (χ0n) is 9.80. The molecule has 0 saturated heterocycles. The molecule has 0 spiro atoms. The Bertz CT molecular complexity index is 587. The molecule has 18 heavy (non-hydrogen) atoms. The van der Waals surface area contributed by atoms with Gasteiger partial charge in [0.15, 0.2) is 0 Å². The lowest BCUT2D eigenvalue weighted by Crippen LogP contribution is -2.00. The van der Waals surface area contributed by atoms with Gasteiger partial charge >= 0.3 is 5.97 Å². The number of nitrogens with zero attached hydrogens (tertiary/aromatic N) is 1. The van der Waals surface area contributed by atoms with E-state index >= 15 is 0 Å². The first-order valence-electron chi connectivity index (χ1n) is 5.99. The summed E-state index contributed by atoms with van der Waals surface area (Å²) in [7, 11) is 0. The zero-order chi connectivity index (χ0) is 12.5. The second-order valence-corrected chi connectivity index (χ2v) is 5.43. The number of hydrogen-bond acceptors (Lipinski definition) is 3. The van der Waals surface area contributed by atoms with Crippen LogP contribution in [0.5, 0.6) is 0 Å². The van der Waals surface area contributed by atoms with Crippen molar-refractivity contribution >= 4 is 17.3 Å².